The zero-order valence-corrected chi connectivity index (χ0v) is 15.8. The monoisotopic (exact) mass is 394 g/mol. The number of rotatable bonds is 5. The molecule has 0 spiro atoms. The normalized spacial score (nSPS) is 10.7. The average Bonchev–Trinajstić information content (AvgIpc) is 2.68. The fraction of sp³-hybridized carbons (Fsp3) is 0.0476. The van der Waals surface area contributed by atoms with Gasteiger partial charge < -0.3 is 10.6 Å². The van der Waals surface area contributed by atoms with Crippen LogP contribution in [0.2, 0.25) is 10.0 Å². The van der Waals surface area contributed by atoms with Crippen LogP contribution in [0.4, 0.5) is 17.2 Å². The van der Waals surface area contributed by atoms with Gasteiger partial charge in [0.25, 0.3) is 0 Å². The number of anilines is 3. The van der Waals surface area contributed by atoms with Crippen LogP contribution >= 0.6 is 23.2 Å². The van der Waals surface area contributed by atoms with Crippen LogP contribution in [-0.2, 0) is 6.54 Å². The minimum Gasteiger partial charge on any atom is -0.381 e. The highest BCUT2D eigenvalue weighted by Crippen LogP contribution is 2.27. The van der Waals surface area contributed by atoms with E-state index < -0.39 is 0 Å². The predicted octanol–water partition coefficient (Wildman–Crippen LogP) is 6.29. The zero-order chi connectivity index (χ0) is 18.6. The van der Waals surface area contributed by atoms with Gasteiger partial charge in [-0.2, -0.15) is 0 Å². The standard InChI is InChI=1S/C21H16Cl2N4/c22-15-6-4-14(5-7-15)12-24-17-8-9-20-19(11-17)21(26-13-25-20)27-18-3-1-2-16(23)10-18/h1-11,13,24H,12H2,(H,25,26,27). The first-order chi connectivity index (χ1) is 13.2. The smallest absolute Gasteiger partial charge is 0.141 e. The van der Waals surface area contributed by atoms with Gasteiger partial charge in [0, 0.05) is 33.4 Å². The molecule has 0 radical (unpaired) electrons. The molecule has 0 bridgehead atoms. The summed E-state index contributed by atoms with van der Waals surface area (Å²) in [6.07, 6.45) is 1.55. The van der Waals surface area contributed by atoms with Crippen LogP contribution in [0.5, 0.6) is 0 Å². The van der Waals surface area contributed by atoms with Crippen molar-refractivity contribution in [3.63, 3.8) is 0 Å². The first-order valence-electron chi connectivity index (χ1n) is 8.43. The molecule has 0 fully saturated rings. The highest BCUT2D eigenvalue weighted by molar-refractivity contribution is 6.31. The van der Waals surface area contributed by atoms with Crippen molar-refractivity contribution in [1.82, 2.24) is 9.97 Å². The molecule has 0 atom stereocenters. The summed E-state index contributed by atoms with van der Waals surface area (Å²) in [7, 11) is 0. The summed E-state index contributed by atoms with van der Waals surface area (Å²) < 4.78 is 0. The van der Waals surface area contributed by atoms with E-state index in [1.807, 2.05) is 66.7 Å². The van der Waals surface area contributed by atoms with Gasteiger partial charge in [-0.1, -0.05) is 41.4 Å². The molecule has 4 rings (SSSR count). The van der Waals surface area contributed by atoms with Gasteiger partial charge in [-0.3, -0.25) is 0 Å². The molecule has 0 saturated heterocycles. The highest BCUT2D eigenvalue weighted by Gasteiger charge is 2.06. The Morgan fingerprint density at radius 2 is 1.63 bits per heavy atom. The number of aromatic nitrogens is 2. The van der Waals surface area contributed by atoms with Crippen molar-refractivity contribution in [1.29, 1.82) is 0 Å². The Hall–Kier alpha value is -2.82. The van der Waals surface area contributed by atoms with Crippen LogP contribution in [-0.4, -0.2) is 9.97 Å². The second-order valence-corrected chi connectivity index (χ2v) is 6.94. The van der Waals surface area contributed by atoms with Gasteiger partial charge in [0.1, 0.15) is 12.1 Å². The van der Waals surface area contributed by atoms with Gasteiger partial charge in [-0.25, -0.2) is 9.97 Å². The molecule has 0 amide bonds. The van der Waals surface area contributed by atoms with Crippen LogP contribution in [0, 0.1) is 0 Å². The number of hydrogen-bond donors (Lipinski definition) is 2. The third-order valence-corrected chi connectivity index (χ3v) is 4.62. The molecule has 1 heterocycles. The SMILES string of the molecule is Clc1ccc(CNc2ccc3ncnc(Nc4cccc(Cl)c4)c3c2)cc1. The lowest BCUT2D eigenvalue weighted by atomic mass is 10.2. The number of halogens is 2. The summed E-state index contributed by atoms with van der Waals surface area (Å²) in [5.74, 6) is 0.734. The molecule has 0 aliphatic carbocycles. The Kier molecular flexibility index (Phi) is 5.10. The summed E-state index contributed by atoms with van der Waals surface area (Å²) in [5, 5.41) is 9.08. The minimum atomic E-state index is 0.670. The lowest BCUT2D eigenvalue weighted by Gasteiger charge is -2.11. The highest BCUT2D eigenvalue weighted by atomic mass is 35.5. The summed E-state index contributed by atoms with van der Waals surface area (Å²) >= 11 is 12.0. The minimum absolute atomic E-state index is 0.670. The van der Waals surface area contributed by atoms with Crippen molar-refractivity contribution < 1.29 is 0 Å². The lowest BCUT2D eigenvalue weighted by molar-refractivity contribution is 1.15. The van der Waals surface area contributed by atoms with Crippen molar-refractivity contribution in [3.8, 4) is 0 Å². The van der Waals surface area contributed by atoms with Crippen molar-refractivity contribution in [3.05, 3.63) is 88.7 Å². The molecule has 0 aliphatic rings. The van der Waals surface area contributed by atoms with Gasteiger partial charge in [-0.05, 0) is 54.1 Å². The van der Waals surface area contributed by atoms with Crippen LogP contribution in [0.15, 0.2) is 73.1 Å². The number of nitrogens with one attached hydrogen (secondary N) is 2. The van der Waals surface area contributed by atoms with E-state index in [0.717, 1.165) is 38.7 Å². The molecule has 0 saturated carbocycles. The van der Waals surface area contributed by atoms with E-state index in [0.29, 0.717) is 11.6 Å². The second kappa shape index (κ2) is 7.82. The van der Waals surface area contributed by atoms with Crippen LogP contribution in [0.25, 0.3) is 10.9 Å². The maximum atomic E-state index is 6.07. The molecule has 2 N–H and O–H groups in total. The van der Waals surface area contributed by atoms with E-state index >= 15 is 0 Å². The molecule has 6 heteroatoms. The van der Waals surface area contributed by atoms with Crippen molar-refractivity contribution in [2.75, 3.05) is 10.6 Å². The zero-order valence-electron chi connectivity index (χ0n) is 14.3. The molecule has 0 aliphatic heterocycles. The lowest BCUT2D eigenvalue weighted by Crippen LogP contribution is -2.00. The number of benzene rings is 3. The largest absolute Gasteiger partial charge is 0.381 e. The number of nitrogens with zero attached hydrogens (tertiary/aromatic N) is 2. The summed E-state index contributed by atoms with van der Waals surface area (Å²) in [6.45, 7) is 0.702. The third kappa shape index (κ3) is 4.30. The molecule has 0 unspecified atom stereocenters. The van der Waals surface area contributed by atoms with Crippen LogP contribution in [0.1, 0.15) is 5.56 Å². The fourth-order valence-corrected chi connectivity index (χ4v) is 3.09. The molecule has 1 aromatic heterocycles. The topological polar surface area (TPSA) is 49.8 Å². The molecule has 27 heavy (non-hydrogen) atoms. The van der Waals surface area contributed by atoms with E-state index in [9.17, 15) is 0 Å². The Balaban J connectivity index is 1.59. The van der Waals surface area contributed by atoms with E-state index in [2.05, 4.69) is 20.6 Å². The molecular formula is C21H16Cl2N4. The predicted molar refractivity (Wildman–Crippen MR) is 113 cm³/mol. The quantitative estimate of drug-likeness (QED) is 0.417. The Bertz CT molecular complexity index is 1080. The molecule has 4 nitrogen and oxygen atoms in total. The van der Waals surface area contributed by atoms with Gasteiger partial charge in [0.05, 0.1) is 5.52 Å². The fourth-order valence-electron chi connectivity index (χ4n) is 2.78. The van der Waals surface area contributed by atoms with Crippen molar-refractivity contribution >= 4 is 51.3 Å². The number of hydrogen-bond acceptors (Lipinski definition) is 4. The van der Waals surface area contributed by atoms with E-state index in [-0.39, 0.29) is 0 Å². The summed E-state index contributed by atoms with van der Waals surface area (Å²) in [5.41, 5.74) is 3.89. The first-order valence-corrected chi connectivity index (χ1v) is 9.19. The van der Waals surface area contributed by atoms with E-state index in [1.165, 1.54) is 0 Å². The Morgan fingerprint density at radius 1 is 0.778 bits per heavy atom. The summed E-state index contributed by atoms with van der Waals surface area (Å²) in [6, 6.07) is 21.4. The maximum Gasteiger partial charge on any atom is 0.141 e. The maximum absolute atomic E-state index is 6.07. The van der Waals surface area contributed by atoms with Crippen molar-refractivity contribution in [2.24, 2.45) is 0 Å². The van der Waals surface area contributed by atoms with Gasteiger partial charge in [-0.15, -0.1) is 0 Å². The third-order valence-electron chi connectivity index (χ3n) is 4.13. The summed E-state index contributed by atoms with van der Waals surface area (Å²) in [4.78, 5) is 8.74. The molecule has 3 aromatic carbocycles. The first kappa shape index (κ1) is 17.6. The average molecular weight is 395 g/mol. The van der Waals surface area contributed by atoms with Gasteiger partial charge >= 0.3 is 0 Å². The van der Waals surface area contributed by atoms with Crippen LogP contribution in [0.3, 0.4) is 0 Å². The molecular weight excluding hydrogens is 379 g/mol. The van der Waals surface area contributed by atoms with Crippen LogP contribution < -0.4 is 10.6 Å². The van der Waals surface area contributed by atoms with Gasteiger partial charge in [0.2, 0.25) is 0 Å². The second-order valence-electron chi connectivity index (χ2n) is 6.07. The Morgan fingerprint density at radius 3 is 2.44 bits per heavy atom. The van der Waals surface area contributed by atoms with E-state index in [4.69, 9.17) is 23.2 Å². The molecule has 4 aromatic rings. The Labute approximate surface area is 167 Å². The van der Waals surface area contributed by atoms with Crippen molar-refractivity contribution in [2.45, 2.75) is 6.54 Å². The van der Waals surface area contributed by atoms with E-state index in [1.54, 1.807) is 6.33 Å². The van der Waals surface area contributed by atoms with Gasteiger partial charge in [0.15, 0.2) is 0 Å². The molecule has 134 valence electrons. The number of fused-ring (bicyclic) bond motifs is 1.